The monoisotopic (exact) mass is 338 g/mol. The first kappa shape index (κ1) is 17.0. The highest BCUT2D eigenvalue weighted by atomic mass is 32.2. The van der Waals surface area contributed by atoms with Gasteiger partial charge in [-0.05, 0) is 24.3 Å². The van der Waals surface area contributed by atoms with Crippen molar-refractivity contribution in [2.75, 3.05) is 28.4 Å². The minimum absolute atomic E-state index is 0.0102. The SMILES string of the molecule is COc1c(O)ccc(Sc2ccc(O)c(OC)c2OC)c1OC. The van der Waals surface area contributed by atoms with Crippen LogP contribution in [0.3, 0.4) is 0 Å². The Bertz CT molecular complexity index is 642. The molecule has 0 amide bonds. The minimum atomic E-state index is -0.0102. The van der Waals surface area contributed by atoms with E-state index in [1.165, 1.54) is 52.3 Å². The van der Waals surface area contributed by atoms with E-state index < -0.39 is 0 Å². The summed E-state index contributed by atoms with van der Waals surface area (Å²) in [6.45, 7) is 0. The van der Waals surface area contributed by atoms with Crippen LogP contribution in [0.15, 0.2) is 34.1 Å². The van der Waals surface area contributed by atoms with E-state index in [2.05, 4.69) is 0 Å². The molecule has 0 aliphatic heterocycles. The van der Waals surface area contributed by atoms with E-state index in [0.29, 0.717) is 21.3 Å². The predicted molar refractivity (Wildman–Crippen MR) is 86.5 cm³/mol. The standard InChI is InChI=1S/C16H18O6S/c1-19-13-9(17)5-7-11(15(13)21-3)23-12-8-6-10(18)14(20-2)16(12)22-4/h5-8,17-18H,1-4H3. The van der Waals surface area contributed by atoms with Crippen molar-refractivity contribution in [3.8, 4) is 34.5 Å². The lowest BCUT2D eigenvalue weighted by Gasteiger charge is -2.16. The van der Waals surface area contributed by atoms with Crippen molar-refractivity contribution in [1.29, 1.82) is 0 Å². The Kier molecular flexibility index (Phi) is 5.33. The van der Waals surface area contributed by atoms with Crippen LogP contribution < -0.4 is 18.9 Å². The molecule has 0 bridgehead atoms. The zero-order chi connectivity index (χ0) is 17.0. The molecule has 2 aromatic carbocycles. The van der Waals surface area contributed by atoms with Crippen LogP contribution in [0.4, 0.5) is 0 Å². The second-order valence-electron chi connectivity index (χ2n) is 4.40. The van der Waals surface area contributed by atoms with E-state index in [9.17, 15) is 10.2 Å². The maximum absolute atomic E-state index is 9.84. The second kappa shape index (κ2) is 7.23. The lowest BCUT2D eigenvalue weighted by molar-refractivity contribution is 0.326. The van der Waals surface area contributed by atoms with Gasteiger partial charge in [-0.3, -0.25) is 0 Å². The Balaban J connectivity index is 2.52. The molecule has 0 aromatic heterocycles. The summed E-state index contributed by atoms with van der Waals surface area (Å²) in [4.78, 5) is 1.43. The van der Waals surface area contributed by atoms with E-state index in [4.69, 9.17) is 18.9 Å². The van der Waals surface area contributed by atoms with Crippen LogP contribution in [-0.4, -0.2) is 38.7 Å². The third-order valence-electron chi connectivity index (χ3n) is 3.15. The molecule has 0 unspecified atom stereocenters. The summed E-state index contributed by atoms with van der Waals surface area (Å²) in [5.74, 6) is 1.30. The maximum Gasteiger partial charge on any atom is 0.204 e. The zero-order valence-electron chi connectivity index (χ0n) is 13.2. The summed E-state index contributed by atoms with van der Waals surface area (Å²) in [7, 11) is 5.90. The van der Waals surface area contributed by atoms with Gasteiger partial charge in [0.2, 0.25) is 11.5 Å². The number of hydrogen-bond donors (Lipinski definition) is 2. The molecule has 2 rings (SSSR count). The Hall–Kier alpha value is -2.41. The molecular formula is C16H18O6S. The summed E-state index contributed by atoms with van der Waals surface area (Å²) < 4.78 is 21.1. The van der Waals surface area contributed by atoms with Gasteiger partial charge < -0.3 is 29.2 Å². The van der Waals surface area contributed by atoms with Crippen molar-refractivity contribution in [1.82, 2.24) is 0 Å². The van der Waals surface area contributed by atoms with E-state index in [-0.39, 0.29) is 23.0 Å². The molecule has 124 valence electrons. The summed E-state index contributed by atoms with van der Waals surface area (Å²) in [6, 6.07) is 6.46. The molecule has 23 heavy (non-hydrogen) atoms. The van der Waals surface area contributed by atoms with E-state index in [0.717, 1.165) is 0 Å². The van der Waals surface area contributed by atoms with E-state index in [1.54, 1.807) is 12.1 Å². The Morgan fingerprint density at radius 1 is 0.609 bits per heavy atom. The highest BCUT2D eigenvalue weighted by molar-refractivity contribution is 7.99. The first-order chi connectivity index (χ1) is 11.1. The predicted octanol–water partition coefficient (Wildman–Crippen LogP) is 3.28. The number of methoxy groups -OCH3 is 4. The molecule has 0 aliphatic carbocycles. The van der Waals surface area contributed by atoms with Crippen LogP contribution in [-0.2, 0) is 0 Å². The molecule has 0 heterocycles. The summed E-state index contributed by atoms with van der Waals surface area (Å²) >= 11 is 1.33. The number of benzene rings is 2. The molecule has 0 saturated carbocycles. The van der Waals surface area contributed by atoms with Gasteiger partial charge in [0.05, 0.1) is 38.2 Å². The van der Waals surface area contributed by atoms with Crippen LogP contribution in [0.1, 0.15) is 0 Å². The summed E-state index contributed by atoms with van der Waals surface area (Å²) in [5, 5.41) is 19.7. The van der Waals surface area contributed by atoms with Crippen molar-refractivity contribution in [2.45, 2.75) is 9.79 Å². The zero-order valence-corrected chi connectivity index (χ0v) is 14.1. The fourth-order valence-corrected chi connectivity index (χ4v) is 3.18. The van der Waals surface area contributed by atoms with Crippen LogP contribution in [0.5, 0.6) is 34.5 Å². The van der Waals surface area contributed by atoms with Gasteiger partial charge in [-0.15, -0.1) is 0 Å². The smallest absolute Gasteiger partial charge is 0.204 e. The van der Waals surface area contributed by atoms with Gasteiger partial charge in [-0.2, -0.15) is 0 Å². The molecule has 0 saturated heterocycles. The number of rotatable bonds is 6. The van der Waals surface area contributed by atoms with Gasteiger partial charge in [0.15, 0.2) is 23.0 Å². The Labute approximate surface area is 138 Å². The van der Waals surface area contributed by atoms with Crippen molar-refractivity contribution in [3.05, 3.63) is 24.3 Å². The maximum atomic E-state index is 9.84. The lowest BCUT2D eigenvalue weighted by Crippen LogP contribution is -1.95. The second-order valence-corrected chi connectivity index (χ2v) is 5.48. The van der Waals surface area contributed by atoms with Gasteiger partial charge in [-0.25, -0.2) is 0 Å². The van der Waals surface area contributed by atoms with E-state index in [1.807, 2.05) is 0 Å². The van der Waals surface area contributed by atoms with Gasteiger partial charge in [0, 0.05) is 0 Å². The van der Waals surface area contributed by atoms with Gasteiger partial charge >= 0.3 is 0 Å². The Morgan fingerprint density at radius 2 is 0.957 bits per heavy atom. The van der Waals surface area contributed by atoms with Crippen molar-refractivity contribution in [3.63, 3.8) is 0 Å². The number of aromatic hydroxyl groups is 2. The molecule has 2 aromatic rings. The Morgan fingerprint density at radius 3 is 1.26 bits per heavy atom. The van der Waals surface area contributed by atoms with Gasteiger partial charge in [0.1, 0.15) is 0 Å². The normalized spacial score (nSPS) is 10.3. The molecular weight excluding hydrogens is 320 g/mol. The van der Waals surface area contributed by atoms with Crippen molar-refractivity contribution >= 4 is 11.8 Å². The number of phenolic OH excluding ortho intramolecular Hbond substituents is 2. The van der Waals surface area contributed by atoms with E-state index >= 15 is 0 Å². The largest absolute Gasteiger partial charge is 0.504 e. The minimum Gasteiger partial charge on any atom is -0.504 e. The van der Waals surface area contributed by atoms with Crippen LogP contribution in [0.2, 0.25) is 0 Å². The van der Waals surface area contributed by atoms with Crippen LogP contribution in [0, 0.1) is 0 Å². The van der Waals surface area contributed by atoms with Crippen molar-refractivity contribution < 1.29 is 29.2 Å². The third-order valence-corrected chi connectivity index (χ3v) is 4.23. The topological polar surface area (TPSA) is 77.4 Å². The molecule has 0 spiro atoms. The molecule has 6 nitrogen and oxygen atoms in total. The average Bonchev–Trinajstić information content (AvgIpc) is 2.56. The molecule has 0 radical (unpaired) electrons. The van der Waals surface area contributed by atoms with Crippen molar-refractivity contribution in [2.24, 2.45) is 0 Å². The molecule has 0 fully saturated rings. The molecule has 7 heteroatoms. The fraction of sp³-hybridized carbons (Fsp3) is 0.250. The highest BCUT2D eigenvalue weighted by Gasteiger charge is 2.20. The average molecular weight is 338 g/mol. The van der Waals surface area contributed by atoms with Gasteiger partial charge in [-0.1, -0.05) is 11.8 Å². The van der Waals surface area contributed by atoms with Gasteiger partial charge in [0.25, 0.3) is 0 Å². The first-order valence-corrected chi connectivity index (χ1v) is 7.44. The number of phenols is 2. The highest BCUT2D eigenvalue weighted by Crippen LogP contribution is 2.50. The molecule has 0 atom stereocenters. The van der Waals surface area contributed by atoms with Crippen LogP contribution in [0.25, 0.3) is 0 Å². The third kappa shape index (κ3) is 3.19. The molecule has 0 aliphatic rings. The quantitative estimate of drug-likeness (QED) is 0.837. The summed E-state index contributed by atoms with van der Waals surface area (Å²) in [6.07, 6.45) is 0. The first-order valence-electron chi connectivity index (χ1n) is 6.63. The summed E-state index contributed by atoms with van der Waals surface area (Å²) in [5.41, 5.74) is 0. The molecule has 2 N–H and O–H groups in total. The lowest BCUT2D eigenvalue weighted by atomic mass is 10.3. The fourth-order valence-electron chi connectivity index (χ4n) is 2.13. The number of ether oxygens (including phenoxy) is 4. The van der Waals surface area contributed by atoms with Crippen LogP contribution >= 0.6 is 11.8 Å². The number of hydrogen-bond acceptors (Lipinski definition) is 7.